The molecule has 0 aliphatic carbocycles. The Morgan fingerprint density at radius 1 is 1.16 bits per heavy atom. The molecule has 168 valence electrons. The number of hydrogen-bond acceptors (Lipinski definition) is 7. The number of carbonyl (C=O) groups excluding carboxylic acids is 2. The number of aryl methyl sites for hydroxylation is 1. The fraction of sp³-hybridized carbons (Fsp3) is 0.348. The molecule has 0 atom stereocenters. The molecule has 2 amide bonds. The average Bonchev–Trinajstić information content (AvgIpc) is 3.34. The molecule has 0 spiro atoms. The van der Waals surface area contributed by atoms with Crippen LogP contribution in [0, 0.1) is 6.92 Å². The molecule has 3 aromatic rings. The number of furan rings is 1. The molecule has 1 N–H and O–H groups in total. The molecule has 3 heterocycles. The van der Waals surface area contributed by atoms with Crippen LogP contribution in [0.15, 0.2) is 46.4 Å². The van der Waals surface area contributed by atoms with Gasteiger partial charge in [-0.25, -0.2) is 4.98 Å². The van der Waals surface area contributed by atoms with E-state index in [9.17, 15) is 9.59 Å². The van der Waals surface area contributed by atoms with Gasteiger partial charge >= 0.3 is 0 Å². The third-order valence-corrected chi connectivity index (χ3v) is 6.30. The number of amides is 2. The summed E-state index contributed by atoms with van der Waals surface area (Å²) in [7, 11) is 1.66. The minimum Gasteiger partial charge on any atom is -0.497 e. The number of methoxy groups -OCH3 is 1. The van der Waals surface area contributed by atoms with Crippen molar-refractivity contribution in [2.75, 3.05) is 43.5 Å². The van der Waals surface area contributed by atoms with Crippen LogP contribution in [0.3, 0.4) is 0 Å². The van der Waals surface area contributed by atoms with Gasteiger partial charge in [-0.1, -0.05) is 0 Å². The van der Waals surface area contributed by atoms with Gasteiger partial charge in [-0.2, -0.15) is 0 Å². The van der Waals surface area contributed by atoms with Crippen molar-refractivity contribution in [3.63, 3.8) is 0 Å². The number of rotatable bonds is 6. The van der Waals surface area contributed by atoms with Crippen molar-refractivity contribution in [2.24, 2.45) is 0 Å². The number of ether oxygens (including phenoxy) is 1. The smallest absolute Gasteiger partial charge is 0.260 e. The zero-order chi connectivity index (χ0) is 22.5. The normalized spacial score (nSPS) is 14.2. The number of nitrogens with zero attached hydrogens (tertiary/aromatic N) is 3. The van der Waals surface area contributed by atoms with Crippen molar-refractivity contribution >= 4 is 34.0 Å². The second-order valence-corrected chi connectivity index (χ2v) is 8.44. The summed E-state index contributed by atoms with van der Waals surface area (Å²) < 4.78 is 10.4. The van der Waals surface area contributed by atoms with Crippen molar-refractivity contribution in [1.29, 1.82) is 0 Å². The van der Waals surface area contributed by atoms with Crippen LogP contribution in [0.5, 0.6) is 5.75 Å². The molecule has 0 unspecified atom stereocenters. The van der Waals surface area contributed by atoms with Gasteiger partial charge in [-0.15, -0.1) is 11.3 Å². The molecule has 1 fully saturated rings. The molecule has 1 aliphatic heterocycles. The van der Waals surface area contributed by atoms with E-state index >= 15 is 0 Å². The summed E-state index contributed by atoms with van der Waals surface area (Å²) >= 11 is 1.31. The highest BCUT2D eigenvalue weighted by atomic mass is 32.1. The highest BCUT2D eigenvalue weighted by Crippen LogP contribution is 2.22. The molecule has 4 rings (SSSR count). The molecule has 8 nitrogen and oxygen atoms in total. The van der Waals surface area contributed by atoms with Crippen molar-refractivity contribution in [2.45, 2.75) is 19.8 Å². The van der Waals surface area contributed by atoms with Crippen LogP contribution >= 0.6 is 11.3 Å². The molecular weight excluding hydrogens is 428 g/mol. The number of anilines is 2. The van der Waals surface area contributed by atoms with Gasteiger partial charge in [0.15, 0.2) is 5.13 Å². The average molecular weight is 455 g/mol. The van der Waals surface area contributed by atoms with Crippen LogP contribution in [0.25, 0.3) is 0 Å². The Kier molecular flexibility index (Phi) is 6.75. The number of thiazole rings is 1. The topological polar surface area (TPSA) is 87.9 Å². The molecule has 2 aromatic heterocycles. The first kappa shape index (κ1) is 21.9. The molecule has 32 heavy (non-hydrogen) atoms. The van der Waals surface area contributed by atoms with E-state index in [0.717, 1.165) is 37.5 Å². The lowest BCUT2D eigenvalue weighted by molar-refractivity contribution is -0.130. The highest BCUT2D eigenvalue weighted by molar-refractivity contribution is 7.14. The van der Waals surface area contributed by atoms with Crippen molar-refractivity contribution in [3.8, 4) is 5.75 Å². The Morgan fingerprint density at radius 3 is 2.69 bits per heavy atom. The summed E-state index contributed by atoms with van der Waals surface area (Å²) in [5.41, 5.74) is 2.27. The monoisotopic (exact) mass is 454 g/mol. The Hall–Kier alpha value is -3.33. The van der Waals surface area contributed by atoms with E-state index in [1.807, 2.05) is 34.5 Å². The van der Waals surface area contributed by atoms with Gasteiger partial charge in [-0.3, -0.25) is 14.9 Å². The lowest BCUT2D eigenvalue weighted by Gasteiger charge is -2.23. The summed E-state index contributed by atoms with van der Waals surface area (Å²) in [5.74, 6) is 1.17. The first-order valence-electron chi connectivity index (χ1n) is 10.5. The van der Waals surface area contributed by atoms with Gasteiger partial charge in [0.25, 0.3) is 5.91 Å². The standard InChI is InChI=1S/C23H26N4O4S/c1-16-20(8-13-31-16)22(29)25-23-24-17(15-32-23)14-21(28)27-10-3-9-26(11-12-27)18-4-6-19(30-2)7-5-18/h4-8,13,15H,3,9-12,14H2,1-2H3,(H,24,25,29). The zero-order valence-electron chi connectivity index (χ0n) is 18.2. The van der Waals surface area contributed by atoms with Gasteiger partial charge in [0.2, 0.25) is 5.91 Å². The minimum atomic E-state index is -0.269. The van der Waals surface area contributed by atoms with Crippen LogP contribution in [-0.4, -0.2) is 55.0 Å². The van der Waals surface area contributed by atoms with Crippen molar-refractivity contribution in [1.82, 2.24) is 9.88 Å². The Labute approximate surface area is 190 Å². The second-order valence-electron chi connectivity index (χ2n) is 7.58. The SMILES string of the molecule is COc1ccc(N2CCCN(C(=O)Cc3csc(NC(=O)c4ccoc4C)n3)CC2)cc1. The van der Waals surface area contributed by atoms with E-state index in [2.05, 4.69) is 15.2 Å². The maximum Gasteiger partial charge on any atom is 0.260 e. The Bertz CT molecular complexity index is 1080. The number of benzene rings is 1. The van der Waals surface area contributed by atoms with E-state index in [1.165, 1.54) is 17.6 Å². The van der Waals surface area contributed by atoms with Crippen LogP contribution in [0.2, 0.25) is 0 Å². The van der Waals surface area contributed by atoms with Gasteiger partial charge in [0.05, 0.1) is 31.1 Å². The third kappa shape index (κ3) is 5.11. The van der Waals surface area contributed by atoms with E-state index in [-0.39, 0.29) is 18.2 Å². The molecule has 9 heteroatoms. The van der Waals surface area contributed by atoms with Crippen LogP contribution in [-0.2, 0) is 11.2 Å². The first-order valence-corrected chi connectivity index (χ1v) is 11.4. The summed E-state index contributed by atoms with van der Waals surface area (Å²) in [6, 6.07) is 9.63. The predicted molar refractivity (Wildman–Crippen MR) is 124 cm³/mol. The lowest BCUT2D eigenvalue weighted by Crippen LogP contribution is -2.36. The van der Waals surface area contributed by atoms with E-state index in [0.29, 0.717) is 28.7 Å². The van der Waals surface area contributed by atoms with Gasteiger partial charge < -0.3 is 19.0 Å². The molecular formula is C23H26N4O4S. The van der Waals surface area contributed by atoms with Crippen molar-refractivity contribution in [3.05, 3.63) is 59.0 Å². The van der Waals surface area contributed by atoms with E-state index in [4.69, 9.17) is 9.15 Å². The second kappa shape index (κ2) is 9.86. The largest absolute Gasteiger partial charge is 0.497 e. The summed E-state index contributed by atoms with van der Waals surface area (Å²) in [6.45, 7) is 4.80. The number of aromatic nitrogens is 1. The van der Waals surface area contributed by atoms with E-state index < -0.39 is 0 Å². The van der Waals surface area contributed by atoms with Crippen LogP contribution in [0.1, 0.15) is 28.2 Å². The fourth-order valence-corrected chi connectivity index (χ4v) is 4.42. The van der Waals surface area contributed by atoms with Gasteiger partial charge in [-0.05, 0) is 43.7 Å². The minimum absolute atomic E-state index is 0.0513. The van der Waals surface area contributed by atoms with Crippen LogP contribution < -0.4 is 15.0 Å². The lowest BCUT2D eigenvalue weighted by atomic mass is 10.2. The molecule has 1 aliphatic rings. The molecule has 1 saturated heterocycles. The predicted octanol–water partition coefficient (Wildman–Crippen LogP) is 3.59. The quantitative estimate of drug-likeness (QED) is 0.613. The van der Waals surface area contributed by atoms with Crippen LogP contribution in [0.4, 0.5) is 10.8 Å². The molecule has 1 aromatic carbocycles. The summed E-state index contributed by atoms with van der Waals surface area (Å²) in [4.78, 5) is 33.8. The maximum absolute atomic E-state index is 12.9. The van der Waals surface area contributed by atoms with Crippen molar-refractivity contribution < 1.29 is 18.7 Å². The number of hydrogen-bond donors (Lipinski definition) is 1. The fourth-order valence-electron chi connectivity index (χ4n) is 3.72. The summed E-state index contributed by atoms with van der Waals surface area (Å²) in [5, 5.41) is 5.06. The Balaban J connectivity index is 1.31. The highest BCUT2D eigenvalue weighted by Gasteiger charge is 2.21. The molecule has 0 bridgehead atoms. The molecule has 0 saturated carbocycles. The summed E-state index contributed by atoms with van der Waals surface area (Å²) in [6.07, 6.45) is 2.60. The first-order chi connectivity index (χ1) is 15.5. The molecule has 0 radical (unpaired) electrons. The number of nitrogens with one attached hydrogen (secondary N) is 1. The Morgan fingerprint density at radius 2 is 1.97 bits per heavy atom. The maximum atomic E-state index is 12.9. The van der Waals surface area contributed by atoms with Gasteiger partial charge in [0, 0.05) is 37.2 Å². The van der Waals surface area contributed by atoms with E-state index in [1.54, 1.807) is 20.1 Å². The van der Waals surface area contributed by atoms with Gasteiger partial charge in [0.1, 0.15) is 11.5 Å². The zero-order valence-corrected chi connectivity index (χ0v) is 19.0. The third-order valence-electron chi connectivity index (χ3n) is 5.49. The number of carbonyl (C=O) groups is 2.